The fourth-order valence-corrected chi connectivity index (χ4v) is 3.75. The number of rotatable bonds is 2. The highest BCUT2D eigenvalue weighted by molar-refractivity contribution is 5.33. The van der Waals surface area contributed by atoms with Crippen LogP contribution in [0.4, 0.5) is 4.39 Å². The van der Waals surface area contributed by atoms with Gasteiger partial charge in [-0.15, -0.1) is 0 Å². The molecule has 16 heavy (non-hydrogen) atoms. The number of halogens is 1. The minimum absolute atomic E-state index is 0.0637. The van der Waals surface area contributed by atoms with Crippen molar-refractivity contribution >= 4 is 0 Å². The fraction of sp³-hybridized carbons (Fsp3) is 0.571. The zero-order valence-corrected chi connectivity index (χ0v) is 9.51. The van der Waals surface area contributed by atoms with E-state index < -0.39 is 0 Å². The van der Waals surface area contributed by atoms with Gasteiger partial charge in [-0.2, -0.15) is 0 Å². The van der Waals surface area contributed by atoms with Crippen molar-refractivity contribution in [3.05, 3.63) is 35.6 Å². The summed E-state index contributed by atoms with van der Waals surface area (Å²) in [6.07, 6.45) is 6.18. The summed E-state index contributed by atoms with van der Waals surface area (Å²) in [7, 11) is 0. The lowest BCUT2D eigenvalue weighted by atomic mass is 9.44. The smallest absolute Gasteiger partial charge is 0.127 e. The molecule has 0 bridgehead atoms. The van der Waals surface area contributed by atoms with Crippen LogP contribution in [-0.2, 0) is 5.41 Å². The summed E-state index contributed by atoms with van der Waals surface area (Å²) in [5.41, 5.74) is 7.21. The van der Waals surface area contributed by atoms with Gasteiger partial charge < -0.3 is 5.73 Å². The number of benzene rings is 1. The zero-order chi connectivity index (χ0) is 11.2. The molecule has 0 saturated heterocycles. The first-order valence-corrected chi connectivity index (χ1v) is 6.15. The lowest BCUT2D eigenvalue weighted by Gasteiger charge is -2.61. The maximum absolute atomic E-state index is 13.8. The molecule has 0 amide bonds. The average Bonchev–Trinajstić information content (AvgIpc) is 2.17. The van der Waals surface area contributed by atoms with Crippen LogP contribution in [0.25, 0.3) is 0 Å². The van der Waals surface area contributed by atoms with Crippen LogP contribution in [0.2, 0.25) is 0 Å². The maximum atomic E-state index is 13.8. The molecule has 0 radical (unpaired) electrons. The SMILES string of the molecule is NCC1(c2ccccc2F)CC2(CCC2)C1. The molecule has 86 valence electrons. The molecule has 2 saturated carbocycles. The van der Waals surface area contributed by atoms with E-state index in [4.69, 9.17) is 5.73 Å². The van der Waals surface area contributed by atoms with Gasteiger partial charge in [0.25, 0.3) is 0 Å². The van der Waals surface area contributed by atoms with Gasteiger partial charge in [-0.25, -0.2) is 4.39 Å². The third kappa shape index (κ3) is 1.26. The van der Waals surface area contributed by atoms with Crippen molar-refractivity contribution in [1.29, 1.82) is 0 Å². The average molecular weight is 219 g/mol. The van der Waals surface area contributed by atoms with Crippen molar-refractivity contribution in [2.24, 2.45) is 11.1 Å². The number of hydrogen-bond donors (Lipinski definition) is 1. The molecule has 2 aliphatic carbocycles. The van der Waals surface area contributed by atoms with Gasteiger partial charge in [0.1, 0.15) is 5.82 Å². The second-order valence-corrected chi connectivity index (χ2v) is 5.67. The van der Waals surface area contributed by atoms with Crippen molar-refractivity contribution in [2.45, 2.75) is 37.5 Å². The quantitative estimate of drug-likeness (QED) is 0.813. The van der Waals surface area contributed by atoms with Crippen LogP contribution >= 0.6 is 0 Å². The van der Waals surface area contributed by atoms with Crippen LogP contribution < -0.4 is 5.73 Å². The van der Waals surface area contributed by atoms with E-state index in [9.17, 15) is 4.39 Å². The lowest BCUT2D eigenvalue weighted by Crippen LogP contribution is -2.56. The molecule has 1 aromatic carbocycles. The molecule has 0 aliphatic heterocycles. The molecule has 2 fully saturated rings. The lowest BCUT2D eigenvalue weighted by molar-refractivity contribution is -0.0460. The molecule has 1 aromatic rings. The minimum atomic E-state index is -0.0814. The summed E-state index contributed by atoms with van der Waals surface area (Å²) in [5, 5.41) is 0. The van der Waals surface area contributed by atoms with Crippen molar-refractivity contribution < 1.29 is 4.39 Å². The molecule has 1 spiro atoms. The van der Waals surface area contributed by atoms with Crippen LogP contribution in [0, 0.1) is 11.2 Å². The van der Waals surface area contributed by atoms with E-state index in [0.29, 0.717) is 12.0 Å². The molecular weight excluding hydrogens is 201 g/mol. The molecular formula is C14H18FN. The van der Waals surface area contributed by atoms with Crippen molar-refractivity contribution in [3.63, 3.8) is 0 Å². The molecule has 2 heteroatoms. The second kappa shape index (κ2) is 3.30. The van der Waals surface area contributed by atoms with E-state index in [0.717, 1.165) is 18.4 Å². The third-order valence-corrected chi connectivity index (χ3v) is 4.68. The summed E-state index contributed by atoms with van der Waals surface area (Å²) in [4.78, 5) is 0. The van der Waals surface area contributed by atoms with Gasteiger partial charge >= 0.3 is 0 Å². The van der Waals surface area contributed by atoms with Crippen molar-refractivity contribution in [3.8, 4) is 0 Å². The zero-order valence-electron chi connectivity index (χ0n) is 9.51. The third-order valence-electron chi connectivity index (χ3n) is 4.68. The Morgan fingerprint density at radius 3 is 2.38 bits per heavy atom. The van der Waals surface area contributed by atoms with Crippen LogP contribution in [0.15, 0.2) is 24.3 Å². The number of nitrogens with two attached hydrogens (primary N) is 1. The van der Waals surface area contributed by atoms with Crippen LogP contribution in [0.5, 0.6) is 0 Å². The summed E-state index contributed by atoms with van der Waals surface area (Å²) in [6.45, 7) is 0.579. The van der Waals surface area contributed by atoms with E-state index in [-0.39, 0.29) is 11.2 Å². The molecule has 0 atom stereocenters. The molecule has 0 heterocycles. The van der Waals surface area contributed by atoms with Gasteiger partial charge in [-0.3, -0.25) is 0 Å². The molecule has 1 nitrogen and oxygen atoms in total. The van der Waals surface area contributed by atoms with Crippen molar-refractivity contribution in [2.75, 3.05) is 6.54 Å². The van der Waals surface area contributed by atoms with E-state index in [1.54, 1.807) is 12.1 Å². The second-order valence-electron chi connectivity index (χ2n) is 5.67. The molecule has 2 N–H and O–H groups in total. The first kappa shape index (κ1) is 10.3. The Kier molecular flexibility index (Phi) is 2.12. The highest BCUT2D eigenvalue weighted by Crippen LogP contribution is 2.64. The molecule has 0 unspecified atom stereocenters. The topological polar surface area (TPSA) is 26.0 Å². The van der Waals surface area contributed by atoms with Gasteiger partial charge in [-0.05, 0) is 42.7 Å². The summed E-state index contributed by atoms with van der Waals surface area (Å²) < 4.78 is 13.8. The Bertz CT molecular complexity index is 401. The minimum Gasteiger partial charge on any atom is -0.330 e. The Balaban J connectivity index is 1.90. The predicted molar refractivity (Wildman–Crippen MR) is 62.7 cm³/mol. The largest absolute Gasteiger partial charge is 0.330 e. The Labute approximate surface area is 95.8 Å². The van der Waals surface area contributed by atoms with Crippen LogP contribution in [-0.4, -0.2) is 6.54 Å². The van der Waals surface area contributed by atoms with Gasteiger partial charge in [0.15, 0.2) is 0 Å². The summed E-state index contributed by atoms with van der Waals surface area (Å²) in [5.74, 6) is -0.0814. The summed E-state index contributed by atoms with van der Waals surface area (Å²) in [6, 6.07) is 7.13. The highest BCUT2D eigenvalue weighted by atomic mass is 19.1. The number of hydrogen-bond acceptors (Lipinski definition) is 1. The van der Waals surface area contributed by atoms with Gasteiger partial charge in [0.05, 0.1) is 0 Å². The van der Waals surface area contributed by atoms with E-state index in [1.807, 2.05) is 12.1 Å². The summed E-state index contributed by atoms with van der Waals surface area (Å²) >= 11 is 0. The van der Waals surface area contributed by atoms with Crippen LogP contribution in [0.1, 0.15) is 37.7 Å². The molecule has 2 aliphatic rings. The predicted octanol–water partition coefficient (Wildman–Crippen LogP) is 2.99. The molecule has 0 aromatic heterocycles. The van der Waals surface area contributed by atoms with Crippen molar-refractivity contribution in [1.82, 2.24) is 0 Å². The Hall–Kier alpha value is -0.890. The Morgan fingerprint density at radius 2 is 1.88 bits per heavy atom. The monoisotopic (exact) mass is 219 g/mol. The van der Waals surface area contributed by atoms with Crippen LogP contribution in [0.3, 0.4) is 0 Å². The Morgan fingerprint density at radius 1 is 1.19 bits per heavy atom. The van der Waals surface area contributed by atoms with E-state index >= 15 is 0 Å². The fourth-order valence-electron chi connectivity index (χ4n) is 3.75. The van der Waals surface area contributed by atoms with Gasteiger partial charge in [0.2, 0.25) is 0 Å². The van der Waals surface area contributed by atoms with E-state index in [2.05, 4.69) is 0 Å². The molecule has 3 rings (SSSR count). The highest BCUT2D eigenvalue weighted by Gasteiger charge is 2.57. The first-order valence-electron chi connectivity index (χ1n) is 6.15. The normalized spacial score (nSPS) is 24.9. The maximum Gasteiger partial charge on any atom is 0.127 e. The first-order chi connectivity index (χ1) is 7.70. The standard InChI is InChI=1S/C14H18FN/c15-12-5-2-1-4-11(12)14(10-16)8-13(9-14)6-3-7-13/h1-2,4-5H,3,6-10,16H2. The van der Waals surface area contributed by atoms with Gasteiger partial charge in [-0.1, -0.05) is 24.6 Å². The van der Waals surface area contributed by atoms with Gasteiger partial charge in [0, 0.05) is 12.0 Å². The van der Waals surface area contributed by atoms with E-state index in [1.165, 1.54) is 19.3 Å².